The lowest BCUT2D eigenvalue weighted by molar-refractivity contribution is 0.630. The van der Waals surface area contributed by atoms with Gasteiger partial charge in [-0.1, -0.05) is 0 Å². The van der Waals surface area contributed by atoms with Gasteiger partial charge in [0, 0.05) is 22.5 Å². The monoisotopic (exact) mass is 252 g/mol. The molecule has 5 heteroatoms. The Kier molecular flexibility index (Phi) is 1.97. The van der Waals surface area contributed by atoms with E-state index in [1.807, 2.05) is 6.07 Å². The molecule has 4 nitrogen and oxygen atoms in total. The van der Waals surface area contributed by atoms with E-state index in [0.29, 0.717) is 0 Å². The molecule has 4 aromatic rings. The molecular formula is C14H9FN4. The SMILES string of the molecule is Fc1ccc2[nH]c3c(-c4cnc[nH]4)nccc3c2c1. The van der Waals surface area contributed by atoms with E-state index in [0.717, 1.165) is 33.2 Å². The van der Waals surface area contributed by atoms with Gasteiger partial charge in [-0.25, -0.2) is 9.37 Å². The summed E-state index contributed by atoms with van der Waals surface area (Å²) in [6, 6.07) is 6.60. The third kappa shape index (κ3) is 1.45. The minimum atomic E-state index is -0.242. The second kappa shape index (κ2) is 3.65. The predicted molar refractivity (Wildman–Crippen MR) is 71.1 cm³/mol. The zero-order valence-electron chi connectivity index (χ0n) is 9.81. The number of fused-ring (bicyclic) bond motifs is 3. The zero-order chi connectivity index (χ0) is 12.8. The topological polar surface area (TPSA) is 57.4 Å². The molecule has 3 aromatic heterocycles. The molecule has 0 saturated carbocycles. The van der Waals surface area contributed by atoms with Crippen LogP contribution in [0.25, 0.3) is 33.2 Å². The lowest BCUT2D eigenvalue weighted by Crippen LogP contribution is -1.84. The normalized spacial score (nSPS) is 11.4. The van der Waals surface area contributed by atoms with Crippen LogP contribution in [0.2, 0.25) is 0 Å². The average Bonchev–Trinajstić information content (AvgIpc) is 3.05. The summed E-state index contributed by atoms with van der Waals surface area (Å²) in [4.78, 5) is 14.7. The van der Waals surface area contributed by atoms with Gasteiger partial charge in [0.15, 0.2) is 0 Å². The van der Waals surface area contributed by atoms with E-state index in [4.69, 9.17) is 0 Å². The first-order chi connectivity index (χ1) is 9.33. The molecule has 0 atom stereocenters. The molecule has 19 heavy (non-hydrogen) atoms. The van der Waals surface area contributed by atoms with Crippen LogP contribution < -0.4 is 0 Å². The number of imidazole rings is 1. The molecular weight excluding hydrogens is 243 g/mol. The van der Waals surface area contributed by atoms with Crippen molar-refractivity contribution in [2.75, 3.05) is 0 Å². The largest absolute Gasteiger partial charge is 0.353 e. The summed E-state index contributed by atoms with van der Waals surface area (Å²) >= 11 is 0. The molecule has 0 fully saturated rings. The van der Waals surface area contributed by atoms with E-state index in [-0.39, 0.29) is 5.82 Å². The number of hydrogen-bond acceptors (Lipinski definition) is 2. The van der Waals surface area contributed by atoms with E-state index in [2.05, 4.69) is 19.9 Å². The smallest absolute Gasteiger partial charge is 0.123 e. The maximum atomic E-state index is 13.4. The second-order valence-corrected chi connectivity index (χ2v) is 4.36. The summed E-state index contributed by atoms with van der Waals surface area (Å²) in [6.07, 6.45) is 5.04. The molecule has 1 aromatic carbocycles. The van der Waals surface area contributed by atoms with Crippen LogP contribution in [-0.2, 0) is 0 Å². The number of aromatic amines is 2. The van der Waals surface area contributed by atoms with Crippen LogP contribution in [0, 0.1) is 5.82 Å². The molecule has 3 heterocycles. The second-order valence-electron chi connectivity index (χ2n) is 4.36. The summed E-state index contributed by atoms with van der Waals surface area (Å²) in [5.74, 6) is -0.242. The van der Waals surface area contributed by atoms with Crippen molar-refractivity contribution in [2.45, 2.75) is 0 Å². The number of H-pyrrole nitrogens is 2. The van der Waals surface area contributed by atoms with Gasteiger partial charge in [-0.2, -0.15) is 0 Å². The standard InChI is InChI=1S/C14H9FN4/c15-8-1-2-11-10(5-8)9-3-4-17-14(13(9)19-11)12-6-16-7-18-12/h1-7,19H,(H,16,18). The number of hydrogen-bond donors (Lipinski definition) is 2. The van der Waals surface area contributed by atoms with Crippen molar-refractivity contribution >= 4 is 21.8 Å². The predicted octanol–water partition coefficient (Wildman–Crippen LogP) is 3.25. The zero-order valence-corrected chi connectivity index (χ0v) is 9.81. The Morgan fingerprint density at radius 2 is 2.05 bits per heavy atom. The highest BCUT2D eigenvalue weighted by Crippen LogP contribution is 2.30. The van der Waals surface area contributed by atoms with Crippen LogP contribution >= 0.6 is 0 Å². The molecule has 0 amide bonds. The maximum absolute atomic E-state index is 13.4. The Labute approximate surface area is 107 Å². The molecule has 0 unspecified atom stereocenters. The van der Waals surface area contributed by atoms with E-state index in [9.17, 15) is 4.39 Å². The molecule has 0 spiro atoms. The third-order valence-electron chi connectivity index (χ3n) is 3.24. The lowest BCUT2D eigenvalue weighted by atomic mass is 10.1. The molecule has 4 rings (SSSR count). The number of halogens is 1. The van der Waals surface area contributed by atoms with Crippen molar-refractivity contribution in [3.63, 3.8) is 0 Å². The van der Waals surface area contributed by atoms with Gasteiger partial charge in [-0.3, -0.25) is 4.98 Å². The summed E-state index contributed by atoms with van der Waals surface area (Å²) < 4.78 is 13.4. The molecule has 0 radical (unpaired) electrons. The first kappa shape index (κ1) is 10.3. The highest BCUT2D eigenvalue weighted by molar-refractivity contribution is 6.10. The van der Waals surface area contributed by atoms with Crippen LogP contribution in [0.1, 0.15) is 0 Å². The summed E-state index contributed by atoms with van der Waals surface area (Å²) in [6.45, 7) is 0. The van der Waals surface area contributed by atoms with Gasteiger partial charge in [0.05, 0.1) is 23.7 Å². The van der Waals surface area contributed by atoms with E-state index < -0.39 is 0 Å². The summed E-state index contributed by atoms with van der Waals surface area (Å²) in [5, 5.41) is 1.81. The third-order valence-corrected chi connectivity index (χ3v) is 3.24. The number of nitrogens with zero attached hydrogens (tertiary/aromatic N) is 2. The van der Waals surface area contributed by atoms with E-state index >= 15 is 0 Å². The first-order valence-corrected chi connectivity index (χ1v) is 5.87. The lowest BCUT2D eigenvalue weighted by Gasteiger charge is -1.98. The minimum absolute atomic E-state index is 0.242. The Hall–Kier alpha value is -2.69. The van der Waals surface area contributed by atoms with Gasteiger partial charge in [0.2, 0.25) is 0 Å². The van der Waals surface area contributed by atoms with E-state index in [1.54, 1.807) is 24.8 Å². The molecule has 0 aliphatic carbocycles. The number of benzene rings is 1. The molecule has 0 aliphatic rings. The van der Waals surface area contributed by atoms with Gasteiger partial charge in [0.25, 0.3) is 0 Å². The van der Waals surface area contributed by atoms with Gasteiger partial charge >= 0.3 is 0 Å². The fraction of sp³-hybridized carbons (Fsp3) is 0. The number of aromatic nitrogens is 4. The van der Waals surface area contributed by atoms with Crippen LogP contribution in [0.5, 0.6) is 0 Å². The molecule has 92 valence electrons. The maximum Gasteiger partial charge on any atom is 0.123 e. The number of pyridine rings is 1. The fourth-order valence-electron chi connectivity index (χ4n) is 2.39. The molecule has 0 aliphatic heterocycles. The van der Waals surface area contributed by atoms with Crippen molar-refractivity contribution in [3.8, 4) is 11.4 Å². The minimum Gasteiger partial charge on any atom is -0.353 e. The van der Waals surface area contributed by atoms with Crippen LogP contribution in [0.3, 0.4) is 0 Å². The molecule has 2 N–H and O–H groups in total. The van der Waals surface area contributed by atoms with Crippen molar-refractivity contribution < 1.29 is 4.39 Å². The quantitative estimate of drug-likeness (QED) is 0.546. The van der Waals surface area contributed by atoms with Crippen molar-refractivity contribution in [3.05, 3.63) is 48.8 Å². The van der Waals surface area contributed by atoms with Crippen molar-refractivity contribution in [1.29, 1.82) is 0 Å². The Balaban J connectivity index is 2.15. The van der Waals surface area contributed by atoms with Gasteiger partial charge in [-0.05, 0) is 24.3 Å². The Morgan fingerprint density at radius 1 is 1.11 bits per heavy atom. The number of nitrogens with one attached hydrogen (secondary N) is 2. The Bertz CT molecular complexity index is 877. The summed E-state index contributed by atoms with van der Waals surface area (Å²) in [7, 11) is 0. The van der Waals surface area contributed by atoms with Gasteiger partial charge in [0.1, 0.15) is 11.5 Å². The van der Waals surface area contributed by atoms with Crippen molar-refractivity contribution in [1.82, 2.24) is 19.9 Å². The first-order valence-electron chi connectivity index (χ1n) is 5.87. The van der Waals surface area contributed by atoms with Gasteiger partial charge < -0.3 is 9.97 Å². The van der Waals surface area contributed by atoms with Crippen LogP contribution in [-0.4, -0.2) is 19.9 Å². The van der Waals surface area contributed by atoms with Crippen LogP contribution in [0.15, 0.2) is 43.0 Å². The van der Waals surface area contributed by atoms with Crippen LogP contribution in [0.4, 0.5) is 4.39 Å². The highest BCUT2D eigenvalue weighted by atomic mass is 19.1. The van der Waals surface area contributed by atoms with Gasteiger partial charge in [-0.15, -0.1) is 0 Å². The molecule has 0 saturated heterocycles. The highest BCUT2D eigenvalue weighted by Gasteiger charge is 2.11. The summed E-state index contributed by atoms with van der Waals surface area (Å²) in [5.41, 5.74) is 3.39. The fourth-order valence-corrected chi connectivity index (χ4v) is 2.39. The Morgan fingerprint density at radius 3 is 2.89 bits per heavy atom. The average molecular weight is 252 g/mol. The number of rotatable bonds is 1. The van der Waals surface area contributed by atoms with Crippen molar-refractivity contribution in [2.24, 2.45) is 0 Å². The van der Waals surface area contributed by atoms with E-state index in [1.165, 1.54) is 12.1 Å². The molecule has 0 bridgehead atoms.